The van der Waals surface area contributed by atoms with E-state index in [4.69, 9.17) is 0 Å². The zero-order valence-corrected chi connectivity index (χ0v) is 11.2. The lowest BCUT2D eigenvalue weighted by Crippen LogP contribution is -2.22. The average molecular weight is 277 g/mol. The van der Waals surface area contributed by atoms with Gasteiger partial charge in [-0.05, 0) is 24.1 Å². The Morgan fingerprint density at radius 3 is 2.60 bits per heavy atom. The third-order valence-electron chi connectivity index (χ3n) is 3.22. The van der Waals surface area contributed by atoms with E-state index < -0.39 is 17.7 Å². The van der Waals surface area contributed by atoms with Gasteiger partial charge in [-0.2, -0.15) is 0 Å². The van der Waals surface area contributed by atoms with Crippen LogP contribution >= 0.6 is 0 Å². The molecule has 0 aliphatic rings. The standard InChI is InChI=1S/C16H17F2NO/c1-11-4-2-3-5-14(11)16(20)10-19-9-12-6-7-13(17)8-15(12)18/h2-8,16,19-20H,9-10H2,1H3. The summed E-state index contributed by atoms with van der Waals surface area (Å²) in [7, 11) is 0. The molecule has 2 N–H and O–H groups in total. The highest BCUT2D eigenvalue weighted by molar-refractivity contribution is 5.27. The third kappa shape index (κ3) is 3.62. The number of aliphatic hydroxyl groups is 1. The van der Waals surface area contributed by atoms with E-state index in [9.17, 15) is 13.9 Å². The molecule has 2 nitrogen and oxygen atoms in total. The van der Waals surface area contributed by atoms with E-state index in [2.05, 4.69) is 5.32 Å². The lowest BCUT2D eigenvalue weighted by molar-refractivity contribution is 0.173. The first-order chi connectivity index (χ1) is 9.58. The zero-order valence-electron chi connectivity index (χ0n) is 11.2. The largest absolute Gasteiger partial charge is 0.387 e. The summed E-state index contributed by atoms with van der Waals surface area (Å²) in [5.74, 6) is -1.17. The van der Waals surface area contributed by atoms with E-state index >= 15 is 0 Å². The smallest absolute Gasteiger partial charge is 0.130 e. The minimum absolute atomic E-state index is 0.245. The van der Waals surface area contributed by atoms with Crippen LogP contribution in [0.4, 0.5) is 8.78 Å². The second-order valence-electron chi connectivity index (χ2n) is 4.74. The number of aryl methyl sites for hydroxylation is 1. The summed E-state index contributed by atoms with van der Waals surface area (Å²) in [5, 5.41) is 13.1. The SMILES string of the molecule is Cc1ccccc1C(O)CNCc1ccc(F)cc1F. The Morgan fingerprint density at radius 2 is 1.90 bits per heavy atom. The Bertz CT molecular complexity index is 586. The van der Waals surface area contributed by atoms with Gasteiger partial charge in [-0.25, -0.2) is 8.78 Å². The van der Waals surface area contributed by atoms with Gasteiger partial charge in [0.1, 0.15) is 11.6 Å². The van der Waals surface area contributed by atoms with Gasteiger partial charge in [-0.15, -0.1) is 0 Å². The topological polar surface area (TPSA) is 32.3 Å². The number of hydrogen-bond donors (Lipinski definition) is 2. The van der Waals surface area contributed by atoms with Gasteiger partial charge in [-0.1, -0.05) is 30.3 Å². The van der Waals surface area contributed by atoms with Gasteiger partial charge >= 0.3 is 0 Å². The number of halogens is 2. The molecule has 0 aliphatic heterocycles. The van der Waals surface area contributed by atoms with Crippen LogP contribution in [0.3, 0.4) is 0 Å². The van der Waals surface area contributed by atoms with Crippen LogP contribution in [-0.2, 0) is 6.54 Å². The Kier molecular flexibility index (Phi) is 4.82. The highest BCUT2D eigenvalue weighted by atomic mass is 19.1. The Hall–Kier alpha value is -1.78. The van der Waals surface area contributed by atoms with Crippen molar-refractivity contribution < 1.29 is 13.9 Å². The van der Waals surface area contributed by atoms with Gasteiger partial charge < -0.3 is 10.4 Å². The van der Waals surface area contributed by atoms with Gasteiger partial charge in [0.15, 0.2) is 0 Å². The first kappa shape index (κ1) is 14.6. The van der Waals surface area contributed by atoms with Crippen molar-refractivity contribution in [2.75, 3.05) is 6.54 Å². The summed E-state index contributed by atoms with van der Waals surface area (Å²) in [6.07, 6.45) is -0.653. The molecule has 4 heteroatoms. The molecule has 0 aromatic heterocycles. The van der Waals surface area contributed by atoms with Crippen LogP contribution in [0.2, 0.25) is 0 Å². The molecule has 0 heterocycles. The molecule has 0 amide bonds. The van der Waals surface area contributed by atoms with Crippen LogP contribution in [0.1, 0.15) is 22.8 Å². The highest BCUT2D eigenvalue weighted by Crippen LogP contribution is 2.16. The fourth-order valence-corrected chi connectivity index (χ4v) is 2.08. The molecule has 0 saturated heterocycles. The molecule has 2 aromatic carbocycles. The zero-order chi connectivity index (χ0) is 14.5. The molecule has 0 saturated carbocycles. The van der Waals surface area contributed by atoms with Gasteiger partial charge in [-0.3, -0.25) is 0 Å². The summed E-state index contributed by atoms with van der Waals surface area (Å²) in [6, 6.07) is 11.0. The van der Waals surface area contributed by atoms with E-state index in [1.807, 2.05) is 31.2 Å². The normalized spacial score (nSPS) is 12.4. The number of benzene rings is 2. The van der Waals surface area contributed by atoms with Crippen molar-refractivity contribution in [3.05, 3.63) is 70.8 Å². The van der Waals surface area contributed by atoms with Crippen molar-refractivity contribution >= 4 is 0 Å². The first-order valence-electron chi connectivity index (χ1n) is 6.46. The molecule has 0 fully saturated rings. The Labute approximate surface area is 117 Å². The first-order valence-corrected chi connectivity index (χ1v) is 6.46. The number of nitrogens with one attached hydrogen (secondary N) is 1. The summed E-state index contributed by atoms with van der Waals surface area (Å²) in [4.78, 5) is 0. The van der Waals surface area contributed by atoms with E-state index in [0.29, 0.717) is 12.1 Å². The van der Waals surface area contributed by atoms with Crippen molar-refractivity contribution in [1.82, 2.24) is 5.32 Å². The average Bonchev–Trinajstić information content (AvgIpc) is 2.41. The molecule has 106 valence electrons. The second-order valence-corrected chi connectivity index (χ2v) is 4.74. The van der Waals surface area contributed by atoms with E-state index in [1.165, 1.54) is 12.1 Å². The molecule has 1 unspecified atom stereocenters. The molecule has 2 rings (SSSR count). The van der Waals surface area contributed by atoms with Gasteiger partial charge in [0.05, 0.1) is 6.10 Å². The maximum atomic E-state index is 13.4. The molecule has 0 bridgehead atoms. The summed E-state index contributed by atoms with van der Waals surface area (Å²) < 4.78 is 26.2. The predicted molar refractivity (Wildman–Crippen MR) is 74.2 cm³/mol. The van der Waals surface area contributed by atoms with E-state index in [-0.39, 0.29) is 6.54 Å². The number of aliphatic hydroxyl groups excluding tert-OH is 1. The molecule has 0 spiro atoms. The lowest BCUT2D eigenvalue weighted by atomic mass is 10.0. The van der Waals surface area contributed by atoms with Crippen LogP contribution < -0.4 is 5.32 Å². The third-order valence-corrected chi connectivity index (χ3v) is 3.22. The van der Waals surface area contributed by atoms with Crippen LogP contribution in [0.15, 0.2) is 42.5 Å². The number of hydrogen-bond acceptors (Lipinski definition) is 2. The summed E-state index contributed by atoms with van der Waals surface area (Å²) >= 11 is 0. The van der Waals surface area contributed by atoms with Crippen molar-refractivity contribution in [1.29, 1.82) is 0 Å². The number of rotatable bonds is 5. The summed E-state index contributed by atoms with van der Waals surface area (Å²) in [5.41, 5.74) is 2.23. The van der Waals surface area contributed by atoms with Crippen LogP contribution in [0, 0.1) is 18.6 Å². The monoisotopic (exact) mass is 277 g/mol. The lowest BCUT2D eigenvalue weighted by Gasteiger charge is -2.14. The van der Waals surface area contributed by atoms with E-state index in [0.717, 1.165) is 17.2 Å². The van der Waals surface area contributed by atoms with Gasteiger partial charge in [0.25, 0.3) is 0 Å². The quantitative estimate of drug-likeness (QED) is 0.880. The van der Waals surface area contributed by atoms with Crippen LogP contribution in [0.25, 0.3) is 0 Å². The molecule has 20 heavy (non-hydrogen) atoms. The Balaban J connectivity index is 1.91. The molecular formula is C16H17F2NO. The molecular weight excluding hydrogens is 260 g/mol. The molecule has 2 aromatic rings. The van der Waals surface area contributed by atoms with Crippen molar-refractivity contribution in [3.63, 3.8) is 0 Å². The second kappa shape index (κ2) is 6.59. The molecule has 0 aliphatic carbocycles. The molecule has 1 atom stereocenters. The van der Waals surface area contributed by atoms with Crippen LogP contribution in [0.5, 0.6) is 0 Å². The van der Waals surface area contributed by atoms with Gasteiger partial charge in [0.2, 0.25) is 0 Å². The maximum absolute atomic E-state index is 13.4. The summed E-state index contributed by atoms with van der Waals surface area (Å²) in [6.45, 7) is 2.48. The fraction of sp³-hybridized carbons (Fsp3) is 0.250. The van der Waals surface area contributed by atoms with Crippen LogP contribution in [-0.4, -0.2) is 11.7 Å². The predicted octanol–water partition coefficient (Wildman–Crippen LogP) is 3.10. The molecule has 0 radical (unpaired) electrons. The highest BCUT2D eigenvalue weighted by Gasteiger charge is 2.10. The minimum Gasteiger partial charge on any atom is -0.387 e. The van der Waals surface area contributed by atoms with Crippen molar-refractivity contribution in [2.24, 2.45) is 0 Å². The Morgan fingerprint density at radius 1 is 1.15 bits per heavy atom. The van der Waals surface area contributed by atoms with Crippen molar-refractivity contribution in [2.45, 2.75) is 19.6 Å². The van der Waals surface area contributed by atoms with Crippen molar-refractivity contribution in [3.8, 4) is 0 Å². The fourth-order valence-electron chi connectivity index (χ4n) is 2.08. The maximum Gasteiger partial charge on any atom is 0.130 e. The van der Waals surface area contributed by atoms with E-state index in [1.54, 1.807) is 0 Å². The van der Waals surface area contributed by atoms with Gasteiger partial charge in [0, 0.05) is 24.7 Å². The minimum atomic E-state index is -0.653.